The minimum absolute atomic E-state index is 0.0394. The summed E-state index contributed by atoms with van der Waals surface area (Å²) in [6.45, 7) is 2.02. The molecule has 4 aliphatic rings. The van der Waals surface area contributed by atoms with Gasteiger partial charge in [0.1, 0.15) is 6.54 Å². The third kappa shape index (κ3) is 3.68. The minimum Gasteiger partial charge on any atom is -0.468 e. The summed E-state index contributed by atoms with van der Waals surface area (Å²) in [7, 11) is 1.34. The van der Waals surface area contributed by atoms with Crippen LogP contribution in [0.1, 0.15) is 55.8 Å². The predicted molar refractivity (Wildman–Crippen MR) is 119 cm³/mol. The van der Waals surface area contributed by atoms with Crippen molar-refractivity contribution in [3.05, 3.63) is 28.6 Å². The predicted octanol–water partition coefficient (Wildman–Crippen LogP) is 3.70. The maximum Gasteiger partial charge on any atom is 0.338 e. The molecular formula is C24H28N2O5S. The number of benzene rings is 1. The first-order valence-corrected chi connectivity index (χ1v) is 12.2. The number of thiazole rings is 1. The van der Waals surface area contributed by atoms with Crippen molar-refractivity contribution in [2.75, 3.05) is 13.7 Å². The summed E-state index contributed by atoms with van der Waals surface area (Å²) in [5.74, 6) is 1.09. The fourth-order valence-electron chi connectivity index (χ4n) is 6.42. The molecule has 4 saturated carbocycles. The zero-order chi connectivity index (χ0) is 22.5. The van der Waals surface area contributed by atoms with Gasteiger partial charge in [-0.1, -0.05) is 11.3 Å². The normalized spacial score (nSPS) is 28.8. The Kier molecular flexibility index (Phi) is 5.43. The van der Waals surface area contributed by atoms with E-state index in [0.29, 0.717) is 34.7 Å². The van der Waals surface area contributed by atoms with Gasteiger partial charge in [-0.2, -0.15) is 4.99 Å². The monoisotopic (exact) mass is 456 g/mol. The number of carbonyl (C=O) groups is 3. The number of carbonyl (C=O) groups excluding carboxylic acids is 3. The van der Waals surface area contributed by atoms with Crippen molar-refractivity contribution >= 4 is 39.4 Å². The molecule has 0 N–H and O–H groups in total. The SMILES string of the molecule is CCOC(=O)c1ccc2c(c1)sc(=NC(=O)C13CC4CC(CC(C4)C1)C3)n2CC(=O)OC. The fraction of sp³-hybridized carbons (Fsp3) is 0.583. The number of hydrogen-bond donors (Lipinski definition) is 0. The Morgan fingerprint density at radius 2 is 1.78 bits per heavy atom. The Labute approximate surface area is 190 Å². The minimum atomic E-state index is -0.414. The van der Waals surface area contributed by atoms with Crippen LogP contribution in [0, 0.1) is 23.2 Å². The smallest absolute Gasteiger partial charge is 0.338 e. The molecule has 0 aliphatic heterocycles. The van der Waals surface area contributed by atoms with Crippen LogP contribution in [0.25, 0.3) is 10.2 Å². The third-order valence-electron chi connectivity index (χ3n) is 7.40. The summed E-state index contributed by atoms with van der Waals surface area (Å²) in [5.41, 5.74) is 0.833. The lowest BCUT2D eigenvalue weighted by Gasteiger charge is -2.55. The first kappa shape index (κ1) is 21.4. The van der Waals surface area contributed by atoms with E-state index in [0.717, 1.165) is 29.5 Å². The second-order valence-corrected chi connectivity index (χ2v) is 10.6. The van der Waals surface area contributed by atoms with E-state index in [2.05, 4.69) is 4.99 Å². The zero-order valence-corrected chi connectivity index (χ0v) is 19.3. The molecule has 2 aromatic rings. The second kappa shape index (κ2) is 8.14. The van der Waals surface area contributed by atoms with E-state index in [4.69, 9.17) is 9.47 Å². The summed E-state index contributed by atoms with van der Waals surface area (Å²) in [6.07, 6.45) is 6.60. The first-order valence-electron chi connectivity index (χ1n) is 11.4. The topological polar surface area (TPSA) is 87.0 Å². The number of hydrogen-bond acceptors (Lipinski definition) is 6. The van der Waals surface area contributed by atoms with Gasteiger partial charge < -0.3 is 14.0 Å². The van der Waals surface area contributed by atoms with E-state index in [-0.39, 0.29) is 17.9 Å². The van der Waals surface area contributed by atoms with E-state index in [9.17, 15) is 14.4 Å². The highest BCUT2D eigenvalue weighted by atomic mass is 32.1. The molecule has 0 atom stereocenters. The summed E-state index contributed by atoms with van der Waals surface area (Å²) >= 11 is 1.32. The largest absolute Gasteiger partial charge is 0.468 e. The van der Waals surface area contributed by atoms with Crippen molar-refractivity contribution in [1.29, 1.82) is 0 Å². The van der Waals surface area contributed by atoms with Crippen molar-refractivity contribution in [2.45, 2.75) is 52.0 Å². The standard InChI is InChI=1S/C24H28N2O5S/c1-3-31-21(28)17-4-5-18-19(9-17)32-23(26(18)13-20(27)30-2)25-22(29)24-10-14-6-15(11-24)8-16(7-14)12-24/h4-5,9,14-16H,3,6-8,10-13H2,1-2H3. The Hall–Kier alpha value is -2.48. The van der Waals surface area contributed by atoms with E-state index >= 15 is 0 Å². The Morgan fingerprint density at radius 3 is 2.38 bits per heavy atom. The Morgan fingerprint density at radius 1 is 1.12 bits per heavy atom. The molecule has 1 aromatic carbocycles. The molecule has 0 saturated heterocycles. The van der Waals surface area contributed by atoms with E-state index < -0.39 is 11.9 Å². The lowest BCUT2D eigenvalue weighted by molar-refractivity contribution is -0.143. The van der Waals surface area contributed by atoms with Crippen molar-refractivity contribution in [1.82, 2.24) is 4.57 Å². The lowest BCUT2D eigenvalue weighted by atomic mass is 9.49. The van der Waals surface area contributed by atoms with E-state index in [1.54, 1.807) is 29.7 Å². The van der Waals surface area contributed by atoms with Gasteiger partial charge in [0.05, 0.1) is 34.9 Å². The average Bonchev–Trinajstić information content (AvgIpc) is 3.09. The lowest BCUT2D eigenvalue weighted by Crippen LogP contribution is -2.50. The van der Waals surface area contributed by atoms with Crippen LogP contribution in [-0.4, -0.2) is 36.1 Å². The summed E-state index contributed by atoms with van der Waals surface area (Å²) in [4.78, 5) is 42.9. The van der Waals surface area contributed by atoms with Gasteiger partial charge >= 0.3 is 11.9 Å². The summed E-state index contributed by atoms with van der Waals surface area (Å²) in [6, 6.07) is 5.18. The maximum atomic E-state index is 13.5. The molecule has 170 valence electrons. The van der Waals surface area contributed by atoms with Gasteiger partial charge in [0, 0.05) is 0 Å². The van der Waals surface area contributed by atoms with Crippen molar-refractivity contribution in [3.63, 3.8) is 0 Å². The number of rotatable bonds is 5. The highest BCUT2D eigenvalue weighted by Crippen LogP contribution is 2.60. The molecule has 4 bridgehead atoms. The number of nitrogens with zero attached hydrogens (tertiary/aromatic N) is 2. The van der Waals surface area contributed by atoms with Crippen LogP contribution in [0.15, 0.2) is 23.2 Å². The van der Waals surface area contributed by atoms with Gasteiger partial charge in [-0.3, -0.25) is 9.59 Å². The molecule has 1 aromatic heterocycles. The highest BCUT2D eigenvalue weighted by molar-refractivity contribution is 7.16. The molecule has 8 heteroatoms. The number of ether oxygens (including phenoxy) is 2. The molecule has 0 radical (unpaired) electrons. The number of methoxy groups -OCH3 is 1. The molecule has 4 aliphatic carbocycles. The Bertz CT molecular complexity index is 1130. The summed E-state index contributed by atoms with van der Waals surface area (Å²) in [5, 5.41) is 0. The van der Waals surface area contributed by atoms with Gasteiger partial charge in [0.15, 0.2) is 4.80 Å². The molecule has 7 nitrogen and oxygen atoms in total. The Balaban J connectivity index is 1.56. The molecular weight excluding hydrogens is 428 g/mol. The number of fused-ring (bicyclic) bond motifs is 1. The molecule has 4 fully saturated rings. The van der Waals surface area contributed by atoms with Crippen LogP contribution in [0.3, 0.4) is 0 Å². The van der Waals surface area contributed by atoms with Crippen LogP contribution in [-0.2, 0) is 25.6 Å². The quantitative estimate of drug-likeness (QED) is 0.641. The first-order chi connectivity index (χ1) is 15.4. The van der Waals surface area contributed by atoms with E-state index in [1.165, 1.54) is 37.7 Å². The maximum absolute atomic E-state index is 13.5. The van der Waals surface area contributed by atoms with Crippen LogP contribution in [0.4, 0.5) is 0 Å². The van der Waals surface area contributed by atoms with Gasteiger partial charge in [0.25, 0.3) is 5.91 Å². The molecule has 0 unspecified atom stereocenters. The summed E-state index contributed by atoms with van der Waals surface area (Å²) < 4.78 is 12.5. The molecule has 1 amide bonds. The van der Waals surface area contributed by atoms with Crippen molar-refractivity contribution in [2.24, 2.45) is 28.2 Å². The van der Waals surface area contributed by atoms with Gasteiger partial charge in [0.2, 0.25) is 0 Å². The number of amides is 1. The van der Waals surface area contributed by atoms with E-state index in [1.807, 2.05) is 0 Å². The third-order valence-corrected chi connectivity index (χ3v) is 8.44. The van der Waals surface area contributed by atoms with Gasteiger partial charge in [-0.25, -0.2) is 4.79 Å². The van der Waals surface area contributed by atoms with Crippen LogP contribution < -0.4 is 4.80 Å². The van der Waals surface area contributed by atoms with Gasteiger partial charge in [-0.05, 0) is 81.4 Å². The molecule has 1 heterocycles. The van der Waals surface area contributed by atoms with Crippen LogP contribution in [0.2, 0.25) is 0 Å². The second-order valence-electron chi connectivity index (χ2n) is 9.56. The number of aromatic nitrogens is 1. The average molecular weight is 457 g/mol. The van der Waals surface area contributed by atoms with Gasteiger partial charge in [-0.15, -0.1) is 0 Å². The van der Waals surface area contributed by atoms with Crippen molar-refractivity contribution < 1.29 is 23.9 Å². The molecule has 32 heavy (non-hydrogen) atoms. The van der Waals surface area contributed by atoms with Crippen LogP contribution in [0.5, 0.6) is 0 Å². The molecule has 0 spiro atoms. The van der Waals surface area contributed by atoms with Crippen molar-refractivity contribution in [3.8, 4) is 0 Å². The fourth-order valence-corrected chi connectivity index (χ4v) is 7.49. The molecule has 6 rings (SSSR count). The van der Waals surface area contributed by atoms with Crippen LogP contribution >= 0.6 is 11.3 Å². The number of esters is 2. The highest BCUT2D eigenvalue weighted by Gasteiger charge is 2.54. The zero-order valence-electron chi connectivity index (χ0n) is 18.5.